The highest BCUT2D eigenvalue weighted by Crippen LogP contribution is 2.32. The number of amides is 1. The topological polar surface area (TPSA) is 107 Å². The summed E-state index contributed by atoms with van der Waals surface area (Å²) >= 11 is 1.29. The molecule has 0 unspecified atom stereocenters. The van der Waals surface area contributed by atoms with Gasteiger partial charge in [-0.05, 0) is 43.3 Å². The van der Waals surface area contributed by atoms with Gasteiger partial charge in [0.2, 0.25) is 15.9 Å². The van der Waals surface area contributed by atoms with Crippen molar-refractivity contribution in [2.24, 2.45) is 0 Å². The van der Waals surface area contributed by atoms with Crippen LogP contribution in [0.1, 0.15) is 17.7 Å². The lowest BCUT2D eigenvalue weighted by molar-refractivity contribution is -0.116. The van der Waals surface area contributed by atoms with E-state index < -0.39 is 10.0 Å². The zero-order chi connectivity index (χ0) is 23.4. The number of nitrogens with zero attached hydrogens (tertiary/aromatic N) is 1. The average Bonchev–Trinajstić information content (AvgIpc) is 2.98. The van der Waals surface area contributed by atoms with Crippen molar-refractivity contribution in [1.29, 1.82) is 0 Å². The smallest absolute Gasteiger partial charge is 0.240 e. The summed E-state index contributed by atoms with van der Waals surface area (Å²) < 4.78 is 51.8. The fourth-order valence-corrected chi connectivity index (χ4v) is 5.10. The summed E-state index contributed by atoms with van der Waals surface area (Å²) in [5, 5.41) is 3.07. The second kappa shape index (κ2) is 9.86. The molecule has 0 bridgehead atoms. The van der Waals surface area contributed by atoms with E-state index >= 15 is 0 Å². The van der Waals surface area contributed by atoms with Crippen molar-refractivity contribution in [3.05, 3.63) is 53.2 Å². The number of halogens is 1. The monoisotopic (exact) mass is 491 g/mol. The number of aromatic nitrogens is 1. The van der Waals surface area contributed by atoms with Gasteiger partial charge in [0.05, 0.1) is 23.8 Å². The van der Waals surface area contributed by atoms with Crippen LogP contribution in [0.15, 0.2) is 47.4 Å². The summed E-state index contributed by atoms with van der Waals surface area (Å²) in [6.45, 7) is 2.73. The molecule has 0 saturated carbocycles. The van der Waals surface area contributed by atoms with Crippen LogP contribution in [0.3, 0.4) is 0 Å². The Balaban J connectivity index is 1.33. The van der Waals surface area contributed by atoms with Gasteiger partial charge in [-0.2, -0.15) is 0 Å². The minimum Gasteiger partial charge on any atom is -0.490 e. The Morgan fingerprint density at radius 3 is 2.61 bits per heavy atom. The number of hydrogen-bond donors (Lipinski definition) is 2. The van der Waals surface area contributed by atoms with E-state index in [4.69, 9.17) is 9.47 Å². The first-order valence-electron chi connectivity index (χ1n) is 10.2. The first-order valence-corrected chi connectivity index (χ1v) is 12.5. The van der Waals surface area contributed by atoms with E-state index in [0.717, 1.165) is 10.4 Å². The maximum atomic E-state index is 13.1. The van der Waals surface area contributed by atoms with Gasteiger partial charge in [-0.1, -0.05) is 0 Å². The van der Waals surface area contributed by atoms with E-state index in [1.54, 1.807) is 18.2 Å². The van der Waals surface area contributed by atoms with Gasteiger partial charge in [0.25, 0.3) is 0 Å². The largest absolute Gasteiger partial charge is 0.490 e. The zero-order valence-electron chi connectivity index (χ0n) is 17.8. The fraction of sp³-hybridized carbons (Fsp3) is 0.273. The molecular weight excluding hydrogens is 469 g/mol. The molecule has 2 N–H and O–H groups in total. The van der Waals surface area contributed by atoms with Crippen LogP contribution >= 0.6 is 11.3 Å². The van der Waals surface area contributed by atoms with Gasteiger partial charge in [0.1, 0.15) is 5.82 Å². The third-order valence-corrected chi connectivity index (χ3v) is 7.18. The van der Waals surface area contributed by atoms with Crippen LogP contribution in [-0.2, 0) is 14.8 Å². The van der Waals surface area contributed by atoms with Crippen LogP contribution in [0.25, 0.3) is 11.3 Å². The third-order valence-electron chi connectivity index (χ3n) is 4.83. The van der Waals surface area contributed by atoms with Crippen molar-refractivity contribution < 1.29 is 27.1 Å². The quantitative estimate of drug-likeness (QED) is 0.522. The number of carbonyl (C=O) groups is 1. The number of hydrogen-bond acceptors (Lipinski definition) is 7. The number of ether oxygens (including phenoxy) is 2. The van der Waals surface area contributed by atoms with Gasteiger partial charge in [-0.25, -0.2) is 22.5 Å². The van der Waals surface area contributed by atoms with E-state index in [1.807, 2.05) is 6.92 Å². The molecule has 0 aliphatic carbocycles. The van der Waals surface area contributed by atoms with Gasteiger partial charge in [-0.3, -0.25) is 4.79 Å². The molecule has 11 heteroatoms. The van der Waals surface area contributed by atoms with Gasteiger partial charge >= 0.3 is 0 Å². The van der Waals surface area contributed by atoms with Crippen LogP contribution in [0.5, 0.6) is 11.5 Å². The lowest BCUT2D eigenvalue weighted by Crippen LogP contribution is -2.27. The number of rotatable bonds is 7. The minimum atomic E-state index is -3.83. The molecule has 2 aromatic carbocycles. The number of sulfonamides is 1. The molecule has 0 atom stereocenters. The van der Waals surface area contributed by atoms with E-state index in [2.05, 4.69) is 15.0 Å². The van der Waals surface area contributed by atoms with Crippen molar-refractivity contribution in [3.63, 3.8) is 0 Å². The Labute approximate surface area is 194 Å². The molecule has 1 aliphatic rings. The molecule has 2 heterocycles. The molecule has 0 saturated heterocycles. The molecule has 8 nitrogen and oxygen atoms in total. The average molecular weight is 492 g/mol. The molecule has 0 radical (unpaired) electrons. The van der Waals surface area contributed by atoms with Gasteiger partial charge in [-0.15, -0.1) is 11.3 Å². The van der Waals surface area contributed by atoms with Gasteiger partial charge < -0.3 is 14.8 Å². The van der Waals surface area contributed by atoms with Crippen molar-refractivity contribution in [2.75, 3.05) is 25.1 Å². The summed E-state index contributed by atoms with van der Waals surface area (Å²) in [5.74, 6) is 0.166. The Morgan fingerprint density at radius 1 is 1.12 bits per heavy atom. The van der Waals surface area contributed by atoms with Crippen molar-refractivity contribution in [3.8, 4) is 22.8 Å². The minimum absolute atomic E-state index is 0.0339. The number of aryl methyl sites for hydroxylation is 1. The van der Waals surface area contributed by atoms with E-state index in [9.17, 15) is 17.6 Å². The second-order valence-electron chi connectivity index (χ2n) is 7.29. The molecule has 1 amide bonds. The van der Waals surface area contributed by atoms with E-state index in [-0.39, 0.29) is 29.6 Å². The van der Waals surface area contributed by atoms with Crippen LogP contribution in [0.4, 0.5) is 9.52 Å². The Hall–Kier alpha value is -3.02. The molecule has 1 aliphatic heterocycles. The third kappa shape index (κ3) is 5.67. The van der Waals surface area contributed by atoms with Crippen LogP contribution < -0.4 is 19.5 Å². The molecule has 3 aromatic rings. The molecule has 4 rings (SSSR count). The fourth-order valence-electron chi connectivity index (χ4n) is 3.20. The summed E-state index contributed by atoms with van der Waals surface area (Å²) in [6.07, 6.45) is 0.641. The SMILES string of the molecule is Cc1sc(NC(=O)CCNS(=O)(=O)c2ccc3c(c2)OCCCO3)nc1-c1ccc(F)cc1. The summed E-state index contributed by atoms with van der Waals surface area (Å²) in [7, 11) is -3.83. The highest BCUT2D eigenvalue weighted by molar-refractivity contribution is 7.89. The number of benzene rings is 2. The lowest BCUT2D eigenvalue weighted by atomic mass is 10.1. The normalized spacial score (nSPS) is 13.4. The Kier molecular flexibility index (Phi) is 6.91. The van der Waals surface area contributed by atoms with Crippen molar-refractivity contribution in [2.45, 2.75) is 24.7 Å². The summed E-state index contributed by atoms with van der Waals surface area (Å²) in [5.41, 5.74) is 1.40. The predicted molar refractivity (Wildman–Crippen MR) is 123 cm³/mol. The van der Waals surface area contributed by atoms with Crippen LogP contribution in [-0.4, -0.2) is 39.1 Å². The maximum Gasteiger partial charge on any atom is 0.240 e. The highest BCUT2D eigenvalue weighted by Gasteiger charge is 2.19. The summed E-state index contributed by atoms with van der Waals surface area (Å²) in [6, 6.07) is 10.4. The van der Waals surface area contributed by atoms with E-state index in [0.29, 0.717) is 42.0 Å². The molecule has 1 aromatic heterocycles. The standard InChI is InChI=1S/C22H22FN3O5S2/c1-14-21(15-3-5-16(23)6-4-15)26-22(32-14)25-20(27)9-10-24-33(28,29)17-7-8-18-19(13-17)31-12-2-11-30-18/h3-8,13,24H,2,9-12H2,1H3,(H,25,26,27). The van der Waals surface area contributed by atoms with Gasteiger partial charge in [0.15, 0.2) is 16.6 Å². The second-order valence-corrected chi connectivity index (χ2v) is 10.3. The molecule has 0 spiro atoms. The first-order chi connectivity index (χ1) is 15.8. The van der Waals surface area contributed by atoms with Crippen molar-refractivity contribution >= 4 is 32.4 Å². The number of thiazole rings is 1. The number of fused-ring (bicyclic) bond motifs is 1. The molecule has 174 valence electrons. The molecule has 0 fully saturated rings. The highest BCUT2D eigenvalue weighted by atomic mass is 32.2. The van der Waals surface area contributed by atoms with Crippen molar-refractivity contribution in [1.82, 2.24) is 9.71 Å². The lowest BCUT2D eigenvalue weighted by Gasteiger charge is -2.10. The van der Waals surface area contributed by atoms with Crippen LogP contribution in [0.2, 0.25) is 0 Å². The number of anilines is 1. The van der Waals surface area contributed by atoms with Gasteiger partial charge in [0, 0.05) is 35.9 Å². The predicted octanol–water partition coefficient (Wildman–Crippen LogP) is 3.73. The summed E-state index contributed by atoms with van der Waals surface area (Å²) in [4.78, 5) is 17.6. The first kappa shape index (κ1) is 23.1. The number of nitrogens with one attached hydrogen (secondary N) is 2. The Bertz CT molecular complexity index is 1260. The Morgan fingerprint density at radius 2 is 1.85 bits per heavy atom. The zero-order valence-corrected chi connectivity index (χ0v) is 19.4. The number of carbonyl (C=O) groups excluding carboxylic acids is 1. The van der Waals surface area contributed by atoms with E-state index in [1.165, 1.54) is 35.6 Å². The molecular formula is C22H22FN3O5S2. The van der Waals surface area contributed by atoms with Crippen LogP contribution in [0, 0.1) is 12.7 Å². The molecule has 33 heavy (non-hydrogen) atoms. The maximum absolute atomic E-state index is 13.1.